The minimum Gasteiger partial charge on any atom is -0.466 e. The van der Waals surface area contributed by atoms with Crippen molar-refractivity contribution < 1.29 is 18.7 Å². The van der Waals surface area contributed by atoms with E-state index < -0.39 is 0 Å². The maximum atomic E-state index is 12.7. The van der Waals surface area contributed by atoms with E-state index in [-0.39, 0.29) is 17.4 Å². The van der Waals surface area contributed by atoms with Gasteiger partial charge in [-0.15, -0.1) is 0 Å². The Morgan fingerprint density at radius 2 is 2.04 bits per heavy atom. The molecule has 1 saturated carbocycles. The molecule has 0 bridgehead atoms. The normalized spacial score (nSPS) is 25.7. The van der Waals surface area contributed by atoms with Crippen LogP contribution in [-0.4, -0.2) is 49.8 Å². The summed E-state index contributed by atoms with van der Waals surface area (Å²) in [7, 11) is 0. The van der Waals surface area contributed by atoms with Gasteiger partial charge in [0.1, 0.15) is 11.5 Å². The molecule has 0 radical (unpaired) electrons. The van der Waals surface area contributed by atoms with Crippen molar-refractivity contribution in [2.24, 2.45) is 11.3 Å². The lowest BCUT2D eigenvalue weighted by Crippen LogP contribution is -2.43. The third-order valence-corrected chi connectivity index (χ3v) is 6.02. The number of rotatable bonds is 5. The zero-order chi connectivity index (χ0) is 17.4. The molecular weight excluding hydrogens is 318 g/mol. The average Bonchev–Trinajstić information content (AvgIpc) is 3.25. The van der Waals surface area contributed by atoms with Gasteiger partial charge in [-0.1, -0.05) is 0 Å². The van der Waals surface area contributed by atoms with Crippen molar-refractivity contribution in [1.82, 2.24) is 4.90 Å². The molecule has 1 aliphatic carbocycles. The highest BCUT2D eigenvalue weighted by Gasteiger charge is 2.43. The lowest BCUT2D eigenvalue weighted by Gasteiger charge is -2.38. The fraction of sp³-hybridized carbons (Fsp3) is 0.750. The first-order valence-corrected chi connectivity index (χ1v) is 9.60. The van der Waals surface area contributed by atoms with Crippen LogP contribution in [0.2, 0.25) is 0 Å². The summed E-state index contributed by atoms with van der Waals surface area (Å²) in [5, 5.41) is 0. The second kappa shape index (κ2) is 6.76. The van der Waals surface area contributed by atoms with E-state index in [1.807, 2.05) is 24.8 Å². The molecule has 5 heteroatoms. The number of furan rings is 1. The molecule has 3 fully saturated rings. The molecule has 1 aromatic heterocycles. The quantitative estimate of drug-likeness (QED) is 0.820. The molecule has 2 aliphatic heterocycles. The number of nitrogens with zero attached hydrogens (tertiary/aromatic N) is 1. The van der Waals surface area contributed by atoms with E-state index in [0.29, 0.717) is 5.56 Å². The molecule has 3 aliphatic rings. The van der Waals surface area contributed by atoms with E-state index in [1.54, 1.807) is 0 Å². The summed E-state index contributed by atoms with van der Waals surface area (Å²) in [6.07, 6.45) is 6.01. The summed E-state index contributed by atoms with van der Waals surface area (Å²) in [4.78, 5) is 14.7. The maximum absolute atomic E-state index is 12.7. The van der Waals surface area contributed by atoms with Gasteiger partial charge in [-0.25, -0.2) is 0 Å². The van der Waals surface area contributed by atoms with Gasteiger partial charge in [0.05, 0.1) is 24.9 Å². The molecule has 4 rings (SSSR count). The van der Waals surface area contributed by atoms with E-state index >= 15 is 0 Å². The predicted octanol–water partition coefficient (Wildman–Crippen LogP) is 3.33. The van der Waals surface area contributed by atoms with Crippen LogP contribution >= 0.6 is 0 Å². The number of hydrogen-bond donors (Lipinski definition) is 0. The van der Waals surface area contributed by atoms with Crippen LogP contribution in [0.5, 0.6) is 0 Å². The minimum atomic E-state index is 0.104. The molecule has 1 aromatic rings. The van der Waals surface area contributed by atoms with Crippen molar-refractivity contribution in [2.75, 3.05) is 32.9 Å². The molecule has 1 spiro atoms. The van der Waals surface area contributed by atoms with E-state index in [4.69, 9.17) is 13.9 Å². The lowest BCUT2D eigenvalue weighted by molar-refractivity contribution is 0.00938. The van der Waals surface area contributed by atoms with Gasteiger partial charge in [0.2, 0.25) is 0 Å². The zero-order valence-electron chi connectivity index (χ0n) is 15.4. The maximum Gasteiger partial charge on any atom is 0.257 e. The van der Waals surface area contributed by atoms with Crippen LogP contribution in [0.3, 0.4) is 0 Å². The van der Waals surface area contributed by atoms with Gasteiger partial charge in [-0.2, -0.15) is 0 Å². The minimum absolute atomic E-state index is 0.104. The Labute approximate surface area is 149 Å². The van der Waals surface area contributed by atoms with Gasteiger partial charge in [0.15, 0.2) is 0 Å². The van der Waals surface area contributed by atoms with Gasteiger partial charge in [0.25, 0.3) is 5.91 Å². The molecule has 2 saturated heterocycles. The van der Waals surface area contributed by atoms with Crippen molar-refractivity contribution in [1.29, 1.82) is 0 Å². The van der Waals surface area contributed by atoms with Crippen LogP contribution in [0.25, 0.3) is 0 Å². The van der Waals surface area contributed by atoms with Gasteiger partial charge < -0.3 is 18.8 Å². The van der Waals surface area contributed by atoms with Crippen LogP contribution < -0.4 is 0 Å². The highest BCUT2D eigenvalue weighted by atomic mass is 16.5. The predicted molar refractivity (Wildman–Crippen MR) is 93.7 cm³/mol. The van der Waals surface area contributed by atoms with Crippen molar-refractivity contribution in [2.45, 2.75) is 52.1 Å². The van der Waals surface area contributed by atoms with Crippen LogP contribution in [-0.2, 0) is 9.47 Å². The first-order chi connectivity index (χ1) is 12.0. The number of aryl methyl sites for hydroxylation is 2. The molecule has 1 amide bonds. The number of carbonyl (C=O) groups is 1. The Morgan fingerprint density at radius 3 is 2.68 bits per heavy atom. The van der Waals surface area contributed by atoms with Crippen molar-refractivity contribution in [3.05, 3.63) is 23.2 Å². The van der Waals surface area contributed by atoms with Crippen molar-refractivity contribution >= 4 is 5.91 Å². The standard InChI is InChI=1S/C20H29NO4/c1-14-9-18(15(2)25-14)19(22)21-7-5-20(6-8-21)10-17(24-13-20)12-23-11-16-3-4-16/h9,16-17H,3-8,10-13H2,1-2H3/t17-/m0/s1. The van der Waals surface area contributed by atoms with Gasteiger partial charge in [0, 0.05) is 19.7 Å². The van der Waals surface area contributed by atoms with E-state index in [0.717, 1.165) is 69.6 Å². The molecular formula is C20H29NO4. The number of amides is 1. The largest absolute Gasteiger partial charge is 0.466 e. The van der Waals surface area contributed by atoms with Gasteiger partial charge in [-0.05, 0) is 63.4 Å². The smallest absolute Gasteiger partial charge is 0.257 e. The molecule has 5 nitrogen and oxygen atoms in total. The first-order valence-electron chi connectivity index (χ1n) is 9.60. The molecule has 3 heterocycles. The van der Waals surface area contributed by atoms with E-state index in [2.05, 4.69) is 0 Å². The highest BCUT2D eigenvalue weighted by molar-refractivity contribution is 5.95. The van der Waals surface area contributed by atoms with Crippen LogP contribution in [0, 0.1) is 25.2 Å². The molecule has 0 N–H and O–H groups in total. The summed E-state index contributed by atoms with van der Waals surface area (Å²) >= 11 is 0. The van der Waals surface area contributed by atoms with E-state index in [9.17, 15) is 4.79 Å². The summed E-state index contributed by atoms with van der Waals surface area (Å²) in [5.41, 5.74) is 0.952. The Balaban J connectivity index is 1.27. The zero-order valence-corrected chi connectivity index (χ0v) is 15.4. The Kier molecular flexibility index (Phi) is 4.63. The molecule has 25 heavy (non-hydrogen) atoms. The number of hydrogen-bond acceptors (Lipinski definition) is 4. The van der Waals surface area contributed by atoms with Crippen LogP contribution in [0.4, 0.5) is 0 Å². The van der Waals surface area contributed by atoms with Crippen LogP contribution in [0.15, 0.2) is 10.5 Å². The summed E-state index contributed by atoms with van der Waals surface area (Å²) < 4.78 is 17.3. The van der Waals surface area contributed by atoms with Gasteiger partial charge >= 0.3 is 0 Å². The summed E-state index contributed by atoms with van der Waals surface area (Å²) in [6.45, 7) is 7.81. The van der Waals surface area contributed by atoms with Crippen LogP contribution in [0.1, 0.15) is 54.0 Å². The SMILES string of the molecule is Cc1cc(C(=O)N2CCC3(CC2)CO[C@H](COCC2CC2)C3)c(C)o1. The van der Waals surface area contributed by atoms with Crippen molar-refractivity contribution in [3.8, 4) is 0 Å². The first kappa shape index (κ1) is 17.1. The lowest BCUT2D eigenvalue weighted by atomic mass is 9.76. The molecule has 1 atom stereocenters. The number of piperidine rings is 1. The third-order valence-electron chi connectivity index (χ3n) is 6.02. The summed E-state index contributed by atoms with van der Waals surface area (Å²) in [5.74, 6) is 2.43. The number of likely N-dealkylation sites (tertiary alicyclic amines) is 1. The molecule has 0 unspecified atom stereocenters. The monoisotopic (exact) mass is 347 g/mol. The second-order valence-electron chi connectivity index (χ2n) is 8.24. The fourth-order valence-corrected chi connectivity index (χ4v) is 4.20. The third kappa shape index (κ3) is 3.77. The Morgan fingerprint density at radius 1 is 1.28 bits per heavy atom. The topological polar surface area (TPSA) is 51.9 Å². The Bertz CT molecular complexity index is 626. The molecule has 138 valence electrons. The second-order valence-corrected chi connectivity index (χ2v) is 8.24. The van der Waals surface area contributed by atoms with Gasteiger partial charge in [-0.3, -0.25) is 4.79 Å². The van der Waals surface area contributed by atoms with E-state index in [1.165, 1.54) is 12.8 Å². The molecule has 0 aromatic carbocycles. The average molecular weight is 347 g/mol. The summed E-state index contributed by atoms with van der Waals surface area (Å²) in [6, 6.07) is 1.86. The number of carbonyl (C=O) groups excluding carboxylic acids is 1. The fourth-order valence-electron chi connectivity index (χ4n) is 4.20. The van der Waals surface area contributed by atoms with Crippen molar-refractivity contribution in [3.63, 3.8) is 0 Å². The Hall–Kier alpha value is -1.33. The number of ether oxygens (including phenoxy) is 2. The highest BCUT2D eigenvalue weighted by Crippen LogP contribution is 2.42.